The Morgan fingerprint density at radius 1 is 1.12 bits per heavy atom. The Labute approximate surface area is 244 Å². The first-order chi connectivity index (χ1) is 20.1. The number of rotatable bonds is 7. The number of nitrogens with one attached hydrogen (secondary N) is 2. The first-order valence-corrected chi connectivity index (χ1v) is 15.2. The van der Waals surface area contributed by atoms with Crippen LogP contribution in [0.15, 0.2) is 52.1 Å². The molecule has 1 saturated carbocycles. The molecule has 4 N–H and O–H groups in total. The maximum Gasteiger partial charge on any atom is 0.323 e. The number of aromatic nitrogens is 5. The van der Waals surface area contributed by atoms with Gasteiger partial charge < -0.3 is 24.8 Å². The van der Waals surface area contributed by atoms with Gasteiger partial charge in [-0.1, -0.05) is 5.16 Å². The fourth-order valence-corrected chi connectivity index (χ4v) is 7.72. The molecule has 42 heavy (non-hydrogen) atoms. The van der Waals surface area contributed by atoms with Crippen molar-refractivity contribution >= 4 is 33.8 Å². The summed E-state index contributed by atoms with van der Waals surface area (Å²) in [4.78, 5) is 24.8. The zero-order valence-electron chi connectivity index (χ0n) is 23.9. The Bertz CT molecular complexity index is 1600. The summed E-state index contributed by atoms with van der Waals surface area (Å²) < 4.78 is 35.0. The smallest absolute Gasteiger partial charge is 0.323 e. The molecule has 2 amide bonds. The molecule has 1 aliphatic heterocycles. The number of carbonyl (C=O) groups excluding carboxylic acids is 1. The van der Waals surface area contributed by atoms with Crippen molar-refractivity contribution in [2.45, 2.75) is 49.3 Å². The molecule has 13 nitrogen and oxygen atoms in total. The molecule has 4 aromatic rings. The molecule has 1 saturated heterocycles. The van der Waals surface area contributed by atoms with Crippen LogP contribution in [0.4, 0.5) is 22.0 Å². The summed E-state index contributed by atoms with van der Waals surface area (Å²) in [6, 6.07) is 8.78. The molecular weight excluding hydrogens is 560 g/mol. The van der Waals surface area contributed by atoms with Crippen molar-refractivity contribution in [3.63, 3.8) is 0 Å². The van der Waals surface area contributed by atoms with Crippen molar-refractivity contribution in [2.75, 3.05) is 35.3 Å². The normalized spacial score (nSPS) is 18.5. The summed E-state index contributed by atoms with van der Waals surface area (Å²) in [6.45, 7) is 7.27. The maximum atomic E-state index is 12.4. The monoisotopic (exact) mass is 594 g/mol. The molecule has 0 radical (unpaired) electrons. The van der Waals surface area contributed by atoms with Crippen molar-refractivity contribution in [2.24, 2.45) is 7.05 Å². The van der Waals surface area contributed by atoms with Gasteiger partial charge in [0.05, 0.1) is 36.8 Å². The lowest BCUT2D eigenvalue weighted by Crippen LogP contribution is -2.44. The number of nitrogens with zero attached hydrogens (tertiary/aromatic N) is 6. The summed E-state index contributed by atoms with van der Waals surface area (Å²) in [6.07, 6.45) is 4.38. The number of anilines is 3. The molecule has 0 spiro atoms. The van der Waals surface area contributed by atoms with Crippen LogP contribution < -0.4 is 15.5 Å². The van der Waals surface area contributed by atoms with Crippen molar-refractivity contribution in [1.82, 2.24) is 24.9 Å². The lowest BCUT2D eigenvalue weighted by atomic mass is 10.1. The van der Waals surface area contributed by atoms with Gasteiger partial charge in [0.25, 0.3) is 0 Å². The van der Waals surface area contributed by atoms with Gasteiger partial charge in [0.1, 0.15) is 21.2 Å². The predicted molar refractivity (Wildman–Crippen MR) is 159 cm³/mol. The Morgan fingerprint density at radius 2 is 1.86 bits per heavy atom. The van der Waals surface area contributed by atoms with Gasteiger partial charge in [0.15, 0.2) is 11.6 Å². The minimum absolute atomic E-state index is 0.0809. The summed E-state index contributed by atoms with van der Waals surface area (Å²) in [7, 11) is -1.58. The molecule has 1 aliphatic carbocycles. The van der Waals surface area contributed by atoms with Crippen molar-refractivity contribution in [1.29, 1.82) is 0 Å². The number of ether oxygens (including phenoxy) is 1. The number of aryl methyl sites for hydroxylation is 3. The van der Waals surface area contributed by atoms with E-state index in [4.69, 9.17) is 19.2 Å². The lowest BCUT2D eigenvalue weighted by molar-refractivity contribution is 0.0985. The fourth-order valence-electron chi connectivity index (χ4n) is 5.37. The Morgan fingerprint density at radius 3 is 2.48 bits per heavy atom. The van der Waals surface area contributed by atoms with E-state index in [2.05, 4.69) is 32.7 Å². The van der Waals surface area contributed by atoms with Gasteiger partial charge in [0, 0.05) is 37.1 Å². The van der Waals surface area contributed by atoms with E-state index in [1.165, 1.54) is 0 Å². The third-order valence-electron chi connectivity index (χ3n) is 7.71. The summed E-state index contributed by atoms with van der Waals surface area (Å²) in [5, 5.41) is 13.6. The molecular formula is C28H34N8O5S. The second-order valence-electron chi connectivity index (χ2n) is 10.8. The van der Waals surface area contributed by atoms with Crippen molar-refractivity contribution in [3.8, 4) is 11.4 Å². The highest BCUT2D eigenvalue weighted by atomic mass is 32.3. The zero-order chi connectivity index (χ0) is 29.6. The van der Waals surface area contributed by atoms with Crippen LogP contribution >= 0.6 is 10.6 Å². The van der Waals surface area contributed by atoms with E-state index in [9.17, 15) is 13.9 Å². The highest BCUT2D eigenvalue weighted by Gasteiger charge is 2.59. The van der Waals surface area contributed by atoms with Crippen molar-refractivity contribution < 1.29 is 23.2 Å². The molecule has 0 bridgehead atoms. The molecule has 14 heteroatoms. The molecule has 2 aliphatic rings. The molecule has 4 heterocycles. The molecule has 0 unspecified atom stereocenters. The van der Waals surface area contributed by atoms with Crippen LogP contribution in [0.5, 0.6) is 0 Å². The number of carbonyl (C=O) groups is 1. The summed E-state index contributed by atoms with van der Waals surface area (Å²) in [5.74, 6) is 1.54. The first kappa shape index (κ1) is 28.2. The topological polar surface area (TPSA) is 164 Å². The minimum atomic E-state index is -3.35. The van der Waals surface area contributed by atoms with E-state index in [1.54, 1.807) is 50.1 Å². The first-order valence-electron chi connectivity index (χ1n) is 13.7. The van der Waals surface area contributed by atoms with Gasteiger partial charge in [-0.2, -0.15) is 15.7 Å². The van der Waals surface area contributed by atoms with Gasteiger partial charge in [-0.3, -0.25) is 13.8 Å². The molecule has 1 aromatic carbocycles. The van der Waals surface area contributed by atoms with Crippen LogP contribution in [-0.2, 0) is 16.5 Å². The number of urea groups is 1. The minimum Gasteiger partial charge on any atom is -0.377 e. The van der Waals surface area contributed by atoms with E-state index < -0.39 is 21.4 Å². The Hall–Kier alpha value is -3.98. The predicted octanol–water partition coefficient (Wildman–Crippen LogP) is 5.15. The molecule has 1 atom stereocenters. The molecule has 2 fully saturated rings. The van der Waals surface area contributed by atoms with Crippen LogP contribution in [0.1, 0.15) is 36.9 Å². The van der Waals surface area contributed by atoms with Gasteiger partial charge in [-0.25, -0.2) is 14.8 Å². The number of morpholine rings is 1. The molecule has 3 aromatic heterocycles. The molecule has 222 valence electrons. The highest BCUT2D eigenvalue weighted by molar-refractivity contribution is 8.25. The highest BCUT2D eigenvalue weighted by Crippen LogP contribution is 2.76. The van der Waals surface area contributed by atoms with Gasteiger partial charge >= 0.3 is 6.03 Å². The number of amides is 2. The molecule has 6 rings (SSSR count). The van der Waals surface area contributed by atoms with E-state index in [1.807, 2.05) is 18.2 Å². The second kappa shape index (κ2) is 10.7. The van der Waals surface area contributed by atoms with E-state index in [0.717, 1.165) is 5.56 Å². The van der Waals surface area contributed by atoms with Gasteiger partial charge in [-0.15, -0.1) is 0 Å². The van der Waals surface area contributed by atoms with Crippen LogP contribution in [0.2, 0.25) is 0 Å². The lowest BCUT2D eigenvalue weighted by Gasteiger charge is -2.41. The van der Waals surface area contributed by atoms with E-state index in [-0.39, 0.29) is 6.04 Å². The number of hydrogen-bond acceptors (Lipinski definition) is 10. The summed E-state index contributed by atoms with van der Waals surface area (Å²) >= 11 is 0. The second-order valence-corrected chi connectivity index (χ2v) is 13.1. The largest absolute Gasteiger partial charge is 0.377 e. The quantitative estimate of drug-likeness (QED) is 0.225. The maximum absolute atomic E-state index is 12.4. The third-order valence-corrected chi connectivity index (χ3v) is 10.6. The summed E-state index contributed by atoms with van der Waals surface area (Å²) in [5.41, 5.74) is 2.93. The van der Waals surface area contributed by atoms with E-state index >= 15 is 0 Å². The van der Waals surface area contributed by atoms with Crippen molar-refractivity contribution in [3.05, 3.63) is 59.9 Å². The zero-order valence-corrected chi connectivity index (χ0v) is 24.7. The standard InChI is InChI=1S/C28H34N8O5S/c1-17-16-40-12-11-36(17)24-13-23(28(9-10-28)42(38,39)25-18(2)34-41-19(25)3)32-26(33-24)20-5-7-21(8-6-20)30-27(37)31-22-14-29-35(4)15-22/h5-8,13-15,17,38-39H,9-12,16H2,1-4H3,(H2,30,31,37)/t17-/m0/s1. The van der Waals surface area contributed by atoms with Gasteiger partial charge in [-0.05, 0) is 57.9 Å². The van der Waals surface area contributed by atoms with Crippen LogP contribution in [-0.4, -0.2) is 65.8 Å². The van der Waals surface area contributed by atoms with E-state index in [0.29, 0.717) is 77.7 Å². The number of hydrogen-bond donors (Lipinski definition) is 4. The third kappa shape index (κ3) is 5.11. The van der Waals surface area contributed by atoms with Crippen LogP contribution in [0, 0.1) is 13.8 Å². The fraction of sp³-hybridized carbons (Fsp3) is 0.393. The SMILES string of the molecule is Cc1noc(C)c1S(O)(O)C1(c2cc(N3CCOC[C@@H]3C)nc(-c3ccc(NC(=O)Nc4cnn(C)c4)cc3)n2)CC1. The Balaban J connectivity index is 1.34. The average molecular weight is 595 g/mol. The van der Waals surface area contributed by atoms with Crippen LogP contribution in [0.3, 0.4) is 0 Å². The van der Waals surface area contributed by atoms with Gasteiger partial charge in [0.2, 0.25) is 0 Å². The van der Waals surface area contributed by atoms with Crippen LogP contribution in [0.25, 0.3) is 11.4 Å². The Kier molecular flexibility index (Phi) is 7.17. The average Bonchev–Trinajstić information content (AvgIpc) is 3.59. The number of benzene rings is 1.